The largest absolute Gasteiger partial charge is 0.497 e. The molecule has 34 heavy (non-hydrogen) atoms. The molecule has 1 fully saturated rings. The predicted molar refractivity (Wildman–Crippen MR) is 133 cm³/mol. The lowest BCUT2D eigenvalue weighted by Crippen LogP contribution is -2.50. The number of nitrogens with one attached hydrogen (secondary N) is 1. The molecule has 1 unspecified atom stereocenters. The fraction of sp³-hybridized carbons (Fsp3) is 0.320. The van der Waals surface area contributed by atoms with Gasteiger partial charge in [-0.2, -0.15) is 0 Å². The molecule has 0 aliphatic carbocycles. The smallest absolute Gasteiger partial charge is 0.258 e. The van der Waals surface area contributed by atoms with E-state index in [2.05, 4.69) is 27.2 Å². The van der Waals surface area contributed by atoms with Crippen LogP contribution in [0.3, 0.4) is 0 Å². The number of methoxy groups -OCH3 is 1. The summed E-state index contributed by atoms with van der Waals surface area (Å²) in [5, 5.41) is 3.84. The fourth-order valence-corrected chi connectivity index (χ4v) is 4.44. The zero-order chi connectivity index (χ0) is 23.9. The minimum atomic E-state index is -0.237. The Bertz CT molecular complexity index is 1070. The van der Waals surface area contributed by atoms with Crippen LogP contribution in [0.25, 0.3) is 0 Å². The second kappa shape index (κ2) is 11.5. The summed E-state index contributed by atoms with van der Waals surface area (Å²) in [6.07, 6.45) is 1.66. The van der Waals surface area contributed by atoms with E-state index in [1.54, 1.807) is 31.6 Å². The van der Waals surface area contributed by atoms with Gasteiger partial charge in [0.25, 0.3) is 5.91 Å². The average molecular weight is 504 g/mol. The van der Waals surface area contributed by atoms with Gasteiger partial charge in [-0.05, 0) is 54.6 Å². The summed E-state index contributed by atoms with van der Waals surface area (Å²) in [7, 11) is 1.67. The minimum Gasteiger partial charge on any atom is -0.497 e. The summed E-state index contributed by atoms with van der Waals surface area (Å²) in [5.74, 6) is 1.84. The second-order valence-electron chi connectivity index (χ2n) is 7.92. The number of nitrogens with zero attached hydrogens (tertiary/aromatic N) is 2. The van der Waals surface area contributed by atoms with Gasteiger partial charge in [-0.3, -0.25) is 9.69 Å². The third-order valence-corrected chi connectivity index (χ3v) is 6.34. The highest BCUT2D eigenvalue weighted by atomic mass is 35.5. The van der Waals surface area contributed by atoms with E-state index in [1.165, 1.54) is 5.69 Å². The van der Waals surface area contributed by atoms with Gasteiger partial charge in [0.15, 0.2) is 6.61 Å². The quantitative estimate of drug-likeness (QED) is 0.458. The number of hydrogen-bond donors (Lipinski definition) is 1. The topological polar surface area (TPSA) is 67.2 Å². The van der Waals surface area contributed by atoms with Gasteiger partial charge in [-0.15, -0.1) is 0 Å². The molecular formula is C25H27Cl2N3O4. The highest BCUT2D eigenvalue weighted by Crippen LogP contribution is 2.28. The van der Waals surface area contributed by atoms with Gasteiger partial charge in [0, 0.05) is 43.4 Å². The lowest BCUT2D eigenvalue weighted by Gasteiger charge is -2.39. The van der Waals surface area contributed by atoms with Gasteiger partial charge in [0.1, 0.15) is 17.3 Å². The number of benzene rings is 2. The maximum absolute atomic E-state index is 12.5. The molecule has 1 saturated heterocycles. The van der Waals surface area contributed by atoms with E-state index in [9.17, 15) is 4.79 Å². The van der Waals surface area contributed by atoms with Crippen LogP contribution in [-0.4, -0.2) is 57.2 Å². The van der Waals surface area contributed by atoms with Crippen molar-refractivity contribution in [3.63, 3.8) is 0 Å². The van der Waals surface area contributed by atoms with Crippen LogP contribution in [0, 0.1) is 0 Å². The van der Waals surface area contributed by atoms with E-state index in [4.69, 9.17) is 37.1 Å². The first-order valence-electron chi connectivity index (χ1n) is 11.0. The van der Waals surface area contributed by atoms with Gasteiger partial charge in [0.05, 0.1) is 24.4 Å². The van der Waals surface area contributed by atoms with E-state index >= 15 is 0 Å². The molecule has 7 nitrogen and oxygen atoms in total. The summed E-state index contributed by atoms with van der Waals surface area (Å²) in [6, 6.07) is 16.7. The molecule has 180 valence electrons. The van der Waals surface area contributed by atoms with Crippen molar-refractivity contribution >= 4 is 34.8 Å². The second-order valence-corrected chi connectivity index (χ2v) is 8.76. The Labute approximate surface area is 209 Å². The molecule has 2 heterocycles. The lowest BCUT2D eigenvalue weighted by atomic mass is 10.1. The molecule has 0 saturated carbocycles. The van der Waals surface area contributed by atoms with Crippen molar-refractivity contribution in [3.05, 3.63) is 76.7 Å². The molecule has 0 spiro atoms. The molecule has 1 aliphatic heterocycles. The number of halogens is 2. The predicted octanol–water partition coefficient (Wildman–Crippen LogP) is 4.65. The molecule has 1 atom stereocenters. The third kappa shape index (κ3) is 6.17. The Morgan fingerprint density at radius 3 is 2.50 bits per heavy atom. The van der Waals surface area contributed by atoms with Crippen molar-refractivity contribution < 1.29 is 18.7 Å². The molecule has 1 N–H and O–H groups in total. The summed E-state index contributed by atoms with van der Waals surface area (Å²) < 4.78 is 16.5. The standard InChI is InChI=1S/C25H27Cl2N3O4/c1-32-20-7-5-19(6-8-20)29-10-12-30(13-11-29)22(24-3-2-14-33-24)16-28-25(31)17-34-23-9-4-18(26)15-21(23)27/h2-9,14-15,22H,10-13,16-17H2,1H3,(H,28,31). The Morgan fingerprint density at radius 1 is 1.09 bits per heavy atom. The summed E-state index contributed by atoms with van der Waals surface area (Å²) in [4.78, 5) is 17.1. The van der Waals surface area contributed by atoms with Crippen LogP contribution in [0.2, 0.25) is 10.0 Å². The third-order valence-electron chi connectivity index (χ3n) is 5.81. The molecule has 4 rings (SSSR count). The van der Waals surface area contributed by atoms with Gasteiger partial charge >= 0.3 is 0 Å². The number of furan rings is 1. The van der Waals surface area contributed by atoms with Crippen molar-refractivity contribution in [2.45, 2.75) is 6.04 Å². The van der Waals surface area contributed by atoms with Crippen molar-refractivity contribution in [2.24, 2.45) is 0 Å². The van der Waals surface area contributed by atoms with Gasteiger partial charge in [-0.1, -0.05) is 23.2 Å². The molecule has 9 heteroatoms. The van der Waals surface area contributed by atoms with Crippen LogP contribution < -0.4 is 19.7 Å². The highest BCUT2D eigenvalue weighted by Gasteiger charge is 2.27. The maximum atomic E-state index is 12.5. The average Bonchev–Trinajstić information content (AvgIpc) is 3.39. The summed E-state index contributed by atoms with van der Waals surface area (Å²) in [5.41, 5.74) is 1.17. The first kappa shape index (κ1) is 24.3. The zero-order valence-corrected chi connectivity index (χ0v) is 20.4. The molecule has 0 bridgehead atoms. The lowest BCUT2D eigenvalue weighted by molar-refractivity contribution is -0.123. The Morgan fingerprint density at radius 2 is 1.85 bits per heavy atom. The van der Waals surface area contributed by atoms with Crippen LogP contribution in [0.1, 0.15) is 11.8 Å². The number of piperazine rings is 1. The molecule has 1 aromatic heterocycles. The number of amides is 1. The fourth-order valence-electron chi connectivity index (χ4n) is 3.97. The molecule has 2 aromatic carbocycles. The van der Waals surface area contributed by atoms with E-state index in [0.29, 0.717) is 22.3 Å². The van der Waals surface area contributed by atoms with Crippen LogP contribution in [0.4, 0.5) is 5.69 Å². The number of hydrogen-bond acceptors (Lipinski definition) is 6. The first-order valence-corrected chi connectivity index (χ1v) is 11.8. The molecule has 1 aliphatic rings. The Hall–Kier alpha value is -2.87. The van der Waals surface area contributed by atoms with Gasteiger partial charge in [0.2, 0.25) is 0 Å². The molecule has 3 aromatic rings. The molecule has 1 amide bonds. The van der Waals surface area contributed by atoms with E-state index in [1.807, 2.05) is 24.3 Å². The van der Waals surface area contributed by atoms with Crippen molar-refractivity contribution in [3.8, 4) is 11.5 Å². The van der Waals surface area contributed by atoms with Crippen molar-refractivity contribution in [2.75, 3.05) is 51.3 Å². The summed E-state index contributed by atoms with van der Waals surface area (Å²) >= 11 is 12.0. The van der Waals surface area contributed by atoms with E-state index < -0.39 is 0 Å². The summed E-state index contributed by atoms with van der Waals surface area (Å²) in [6.45, 7) is 3.68. The number of carbonyl (C=O) groups is 1. The van der Waals surface area contributed by atoms with Crippen molar-refractivity contribution in [1.82, 2.24) is 10.2 Å². The van der Waals surface area contributed by atoms with Crippen LogP contribution >= 0.6 is 23.2 Å². The highest BCUT2D eigenvalue weighted by molar-refractivity contribution is 6.35. The van der Waals surface area contributed by atoms with E-state index in [0.717, 1.165) is 37.7 Å². The van der Waals surface area contributed by atoms with Crippen LogP contribution in [0.15, 0.2) is 65.3 Å². The number of ether oxygens (including phenoxy) is 2. The minimum absolute atomic E-state index is 0.0731. The monoisotopic (exact) mass is 503 g/mol. The van der Waals surface area contributed by atoms with Crippen LogP contribution in [0.5, 0.6) is 11.5 Å². The molecular weight excluding hydrogens is 477 g/mol. The SMILES string of the molecule is COc1ccc(N2CCN(C(CNC(=O)COc3ccc(Cl)cc3Cl)c3ccco3)CC2)cc1. The van der Waals surface area contributed by atoms with Gasteiger partial charge < -0.3 is 24.1 Å². The van der Waals surface area contributed by atoms with Crippen LogP contribution in [-0.2, 0) is 4.79 Å². The van der Waals surface area contributed by atoms with E-state index in [-0.39, 0.29) is 18.6 Å². The first-order chi connectivity index (χ1) is 16.5. The van der Waals surface area contributed by atoms with Crippen molar-refractivity contribution in [1.29, 1.82) is 0 Å². The molecule has 0 radical (unpaired) electrons. The number of carbonyl (C=O) groups excluding carboxylic acids is 1. The maximum Gasteiger partial charge on any atom is 0.258 e. The zero-order valence-electron chi connectivity index (χ0n) is 18.9. The Balaban J connectivity index is 1.32. The normalized spacial score (nSPS) is 15.1. The number of rotatable bonds is 9. The van der Waals surface area contributed by atoms with Gasteiger partial charge in [-0.25, -0.2) is 0 Å². The Kier molecular flexibility index (Phi) is 8.21. The number of anilines is 1.